The van der Waals surface area contributed by atoms with E-state index in [-0.39, 0.29) is 11.5 Å². The Morgan fingerprint density at radius 2 is 2.11 bits per heavy atom. The molecule has 0 spiro atoms. The standard InChI is InChI=1S/C12H18ClNO4S/c1-18-11-7-10(13)6-9(12(11)15)8-14-4-3-5-19(2,16)17/h6-7,14-15H,3-5,8H2,1-2H3. The van der Waals surface area contributed by atoms with E-state index in [0.29, 0.717) is 35.8 Å². The monoisotopic (exact) mass is 307 g/mol. The lowest BCUT2D eigenvalue weighted by Crippen LogP contribution is -2.18. The van der Waals surface area contributed by atoms with Crippen molar-refractivity contribution < 1.29 is 18.3 Å². The van der Waals surface area contributed by atoms with Gasteiger partial charge in [0.05, 0.1) is 12.9 Å². The fourth-order valence-corrected chi connectivity index (χ4v) is 2.50. The summed E-state index contributed by atoms with van der Waals surface area (Å²) in [5.41, 5.74) is 0.615. The van der Waals surface area contributed by atoms with Crippen molar-refractivity contribution in [1.29, 1.82) is 0 Å². The first kappa shape index (κ1) is 16.1. The zero-order valence-corrected chi connectivity index (χ0v) is 12.5. The van der Waals surface area contributed by atoms with Gasteiger partial charge in [-0.2, -0.15) is 0 Å². The fourth-order valence-electron chi connectivity index (χ4n) is 1.60. The minimum Gasteiger partial charge on any atom is -0.504 e. The SMILES string of the molecule is COc1cc(Cl)cc(CNCCCS(C)(=O)=O)c1O. The molecule has 0 saturated carbocycles. The van der Waals surface area contributed by atoms with Gasteiger partial charge in [-0.3, -0.25) is 0 Å². The van der Waals surface area contributed by atoms with Crippen LogP contribution in [0.5, 0.6) is 11.5 Å². The number of nitrogens with one attached hydrogen (secondary N) is 1. The van der Waals surface area contributed by atoms with Crippen LogP contribution in [0.15, 0.2) is 12.1 Å². The lowest BCUT2D eigenvalue weighted by Gasteiger charge is -2.10. The molecular weight excluding hydrogens is 290 g/mol. The number of halogens is 1. The molecular formula is C12H18ClNO4S. The van der Waals surface area contributed by atoms with Crippen LogP contribution in [0.25, 0.3) is 0 Å². The predicted molar refractivity (Wildman–Crippen MR) is 75.7 cm³/mol. The van der Waals surface area contributed by atoms with Crippen LogP contribution in [0.3, 0.4) is 0 Å². The predicted octanol–water partition coefficient (Wildman–Crippen LogP) is 1.58. The van der Waals surface area contributed by atoms with Crippen LogP contribution in [0.4, 0.5) is 0 Å². The van der Waals surface area contributed by atoms with Crippen molar-refractivity contribution >= 4 is 21.4 Å². The molecule has 1 rings (SSSR count). The zero-order chi connectivity index (χ0) is 14.5. The second kappa shape index (κ2) is 6.98. The number of phenolic OH excluding ortho intramolecular Hbond substituents is 1. The van der Waals surface area contributed by atoms with Gasteiger partial charge in [0.2, 0.25) is 0 Å². The highest BCUT2D eigenvalue weighted by Crippen LogP contribution is 2.33. The fraction of sp³-hybridized carbons (Fsp3) is 0.500. The molecule has 0 atom stereocenters. The molecule has 0 heterocycles. The quantitative estimate of drug-likeness (QED) is 0.748. The molecule has 0 fully saturated rings. The number of hydrogen-bond donors (Lipinski definition) is 2. The largest absolute Gasteiger partial charge is 0.504 e. The molecule has 1 aromatic rings. The summed E-state index contributed by atoms with van der Waals surface area (Å²) in [6.07, 6.45) is 1.73. The third-order valence-electron chi connectivity index (χ3n) is 2.52. The maximum atomic E-state index is 10.9. The van der Waals surface area contributed by atoms with Crippen LogP contribution in [0, 0.1) is 0 Å². The van der Waals surface area contributed by atoms with Crippen LogP contribution < -0.4 is 10.1 Å². The molecule has 2 N–H and O–H groups in total. The number of sulfone groups is 1. The Bertz CT molecular complexity index is 531. The van der Waals surface area contributed by atoms with Gasteiger partial charge >= 0.3 is 0 Å². The summed E-state index contributed by atoms with van der Waals surface area (Å²) < 4.78 is 26.9. The summed E-state index contributed by atoms with van der Waals surface area (Å²) in [6.45, 7) is 0.938. The third kappa shape index (κ3) is 5.67. The topological polar surface area (TPSA) is 75.6 Å². The zero-order valence-electron chi connectivity index (χ0n) is 10.9. The van der Waals surface area contributed by atoms with Gasteiger partial charge in [-0.25, -0.2) is 8.42 Å². The Morgan fingerprint density at radius 1 is 1.42 bits per heavy atom. The molecule has 5 nitrogen and oxygen atoms in total. The maximum Gasteiger partial charge on any atom is 0.162 e. The van der Waals surface area contributed by atoms with Crippen LogP contribution in [-0.2, 0) is 16.4 Å². The first-order chi connectivity index (χ1) is 8.83. The van der Waals surface area contributed by atoms with Crippen molar-refractivity contribution in [2.45, 2.75) is 13.0 Å². The van der Waals surface area contributed by atoms with Gasteiger partial charge in [-0.1, -0.05) is 11.6 Å². The minimum absolute atomic E-state index is 0.0440. The minimum atomic E-state index is -2.93. The van der Waals surface area contributed by atoms with Gasteiger partial charge in [-0.05, 0) is 19.0 Å². The van der Waals surface area contributed by atoms with E-state index in [0.717, 1.165) is 0 Å². The molecule has 0 radical (unpaired) electrons. The molecule has 7 heteroatoms. The summed E-state index contributed by atoms with van der Waals surface area (Å²) in [5.74, 6) is 0.508. The van der Waals surface area contributed by atoms with E-state index in [1.807, 2.05) is 0 Å². The maximum absolute atomic E-state index is 10.9. The van der Waals surface area contributed by atoms with Crippen molar-refractivity contribution in [3.05, 3.63) is 22.7 Å². The van der Waals surface area contributed by atoms with E-state index in [1.54, 1.807) is 6.07 Å². The van der Waals surface area contributed by atoms with Crippen molar-refractivity contribution in [3.8, 4) is 11.5 Å². The first-order valence-corrected chi connectivity index (χ1v) is 8.21. The highest BCUT2D eigenvalue weighted by Gasteiger charge is 2.09. The molecule has 108 valence electrons. The molecule has 0 bridgehead atoms. The average Bonchev–Trinajstić information content (AvgIpc) is 2.31. The number of rotatable bonds is 7. The lowest BCUT2D eigenvalue weighted by atomic mass is 10.2. The van der Waals surface area contributed by atoms with E-state index in [9.17, 15) is 13.5 Å². The molecule has 0 aromatic heterocycles. The van der Waals surface area contributed by atoms with Gasteiger partial charge in [-0.15, -0.1) is 0 Å². The summed E-state index contributed by atoms with van der Waals surface area (Å²) in [5, 5.41) is 13.4. The van der Waals surface area contributed by atoms with Crippen molar-refractivity contribution in [2.75, 3.05) is 25.7 Å². The van der Waals surface area contributed by atoms with Crippen molar-refractivity contribution in [1.82, 2.24) is 5.32 Å². The van der Waals surface area contributed by atoms with Crippen LogP contribution in [-0.4, -0.2) is 39.2 Å². The molecule has 0 amide bonds. The third-order valence-corrected chi connectivity index (χ3v) is 3.77. The van der Waals surface area contributed by atoms with Crippen molar-refractivity contribution in [3.63, 3.8) is 0 Å². The average molecular weight is 308 g/mol. The smallest absolute Gasteiger partial charge is 0.162 e. The second-order valence-electron chi connectivity index (χ2n) is 4.28. The highest BCUT2D eigenvalue weighted by molar-refractivity contribution is 7.90. The Hall–Kier alpha value is -0.980. The van der Waals surface area contributed by atoms with Crippen LogP contribution in [0.2, 0.25) is 5.02 Å². The summed E-state index contributed by atoms with van der Waals surface area (Å²) in [4.78, 5) is 0. The Kier molecular flexibility index (Phi) is 5.90. The lowest BCUT2D eigenvalue weighted by molar-refractivity contribution is 0.369. The molecule has 19 heavy (non-hydrogen) atoms. The first-order valence-electron chi connectivity index (χ1n) is 5.77. The van der Waals surface area contributed by atoms with Crippen molar-refractivity contribution in [2.24, 2.45) is 0 Å². The Balaban J connectivity index is 2.52. The highest BCUT2D eigenvalue weighted by atomic mass is 35.5. The van der Waals surface area contributed by atoms with Gasteiger partial charge in [0, 0.05) is 29.5 Å². The number of hydrogen-bond acceptors (Lipinski definition) is 5. The summed E-state index contributed by atoms with van der Waals surface area (Å²) in [6, 6.07) is 3.17. The Morgan fingerprint density at radius 3 is 2.68 bits per heavy atom. The number of benzene rings is 1. The molecule has 0 aliphatic rings. The van der Waals surface area contributed by atoms with Crippen LogP contribution in [0.1, 0.15) is 12.0 Å². The van der Waals surface area contributed by atoms with Gasteiger partial charge in [0.15, 0.2) is 11.5 Å². The normalized spacial score (nSPS) is 11.5. The molecule has 0 aliphatic carbocycles. The molecule has 0 unspecified atom stereocenters. The molecule has 0 saturated heterocycles. The molecule has 0 aliphatic heterocycles. The van der Waals surface area contributed by atoms with E-state index < -0.39 is 9.84 Å². The van der Waals surface area contributed by atoms with E-state index >= 15 is 0 Å². The number of ether oxygens (including phenoxy) is 1. The van der Waals surface area contributed by atoms with E-state index in [2.05, 4.69) is 5.32 Å². The molecule has 1 aromatic carbocycles. The number of aromatic hydroxyl groups is 1. The van der Waals surface area contributed by atoms with E-state index in [4.69, 9.17) is 16.3 Å². The number of methoxy groups -OCH3 is 1. The Labute approximate surface area is 118 Å². The van der Waals surface area contributed by atoms with Gasteiger partial charge < -0.3 is 15.2 Å². The summed E-state index contributed by atoms with van der Waals surface area (Å²) >= 11 is 5.90. The van der Waals surface area contributed by atoms with Crippen LogP contribution >= 0.6 is 11.6 Å². The summed E-state index contributed by atoms with van der Waals surface area (Å²) in [7, 11) is -1.47. The van der Waals surface area contributed by atoms with E-state index in [1.165, 1.54) is 19.4 Å². The van der Waals surface area contributed by atoms with Gasteiger partial charge in [0.1, 0.15) is 9.84 Å². The number of phenols is 1. The van der Waals surface area contributed by atoms with Gasteiger partial charge in [0.25, 0.3) is 0 Å². The second-order valence-corrected chi connectivity index (χ2v) is 6.97.